The predicted octanol–water partition coefficient (Wildman–Crippen LogP) is -7.40. The highest BCUT2D eigenvalue weighted by molar-refractivity contribution is 5.75. The van der Waals surface area contributed by atoms with Crippen LogP contribution in [0, 0.1) is 0 Å². The smallest absolute Gasteiger partial charge is 0.224 e. The molecule has 0 aromatic carbocycles. The zero-order valence-corrected chi connectivity index (χ0v) is 12.5. The lowest BCUT2D eigenvalue weighted by Gasteiger charge is -2.43. The first-order chi connectivity index (χ1) is 10.8. The Balaban J connectivity index is 0.00000288. The summed E-state index contributed by atoms with van der Waals surface area (Å²) in [5.74, 6) is -2.22. The van der Waals surface area contributed by atoms with Crippen molar-refractivity contribution >= 4 is 17.4 Å². The molecular weight excluding hydrogens is 363 g/mol. The van der Waals surface area contributed by atoms with Gasteiger partial charge in [0.1, 0.15) is 49.3 Å². The number of aliphatic hydroxyl groups is 8. The minimum Gasteiger partial charge on any atom is -0.412 e. The first-order valence-electron chi connectivity index (χ1n) is 7.05. The van der Waals surface area contributed by atoms with Gasteiger partial charge in [-0.2, -0.15) is 0 Å². The number of rotatable bonds is 5. The van der Waals surface area contributed by atoms with E-state index in [2.05, 4.69) is 0 Å². The van der Waals surface area contributed by atoms with Crippen LogP contribution in [-0.2, 0) is 14.2 Å². The van der Waals surface area contributed by atoms with Crippen LogP contribution < -0.4 is 0 Å². The van der Waals surface area contributed by atoms with Crippen molar-refractivity contribution in [3.63, 3.8) is 0 Å². The Bertz CT molecular complexity index is 400. The molecule has 0 aliphatic carbocycles. The Morgan fingerprint density at radius 2 is 1.36 bits per heavy atom. The van der Waals surface area contributed by atoms with E-state index in [1.807, 2.05) is 0 Å². The van der Waals surface area contributed by atoms with Crippen molar-refractivity contribution in [2.24, 2.45) is 0 Å². The SMILES string of the molecule is O.OC[C@H]1O[C@@](CO)(O[C@H]2O[C@H](CO)[C@@H](O)[C@H](O)[C@H]2O)[C@@H](O)[C@@H]1O.[AlH3]. The lowest BCUT2D eigenvalue weighted by molar-refractivity contribution is -0.383. The third-order valence-corrected chi connectivity index (χ3v) is 4.07. The molecule has 0 aromatic rings. The van der Waals surface area contributed by atoms with Crippen molar-refractivity contribution in [3.05, 3.63) is 0 Å². The predicted molar refractivity (Wildman–Crippen MR) is 82.2 cm³/mol. The molecule has 0 amide bonds. The van der Waals surface area contributed by atoms with Crippen LogP contribution in [0.1, 0.15) is 0 Å². The van der Waals surface area contributed by atoms with Crippen LogP contribution >= 0.6 is 0 Å². The first-order valence-corrected chi connectivity index (χ1v) is 7.05. The maximum Gasteiger partial charge on any atom is 0.224 e. The molecular formula is C12H27AlO12. The van der Waals surface area contributed by atoms with Crippen molar-refractivity contribution < 1.29 is 60.5 Å². The Hall–Kier alpha value is 0.0525. The van der Waals surface area contributed by atoms with Gasteiger partial charge in [-0.25, -0.2) is 0 Å². The van der Waals surface area contributed by atoms with Gasteiger partial charge in [-0.15, -0.1) is 0 Å². The number of hydrogen-bond donors (Lipinski definition) is 8. The van der Waals surface area contributed by atoms with Crippen molar-refractivity contribution in [2.75, 3.05) is 19.8 Å². The van der Waals surface area contributed by atoms with Crippen LogP contribution in [0.25, 0.3) is 0 Å². The summed E-state index contributed by atoms with van der Waals surface area (Å²) in [6.45, 7) is -2.32. The largest absolute Gasteiger partial charge is 0.412 e. The Labute approximate surface area is 153 Å². The van der Waals surface area contributed by atoms with E-state index in [4.69, 9.17) is 24.4 Å². The maximum absolute atomic E-state index is 10.00. The number of ether oxygens (including phenoxy) is 3. The van der Waals surface area contributed by atoms with E-state index in [1.54, 1.807) is 0 Å². The quantitative estimate of drug-likeness (QED) is 0.206. The van der Waals surface area contributed by atoms with Gasteiger partial charge >= 0.3 is 0 Å². The van der Waals surface area contributed by atoms with Gasteiger partial charge in [0.25, 0.3) is 0 Å². The average molecular weight is 390 g/mol. The summed E-state index contributed by atoms with van der Waals surface area (Å²) < 4.78 is 15.4. The summed E-state index contributed by atoms with van der Waals surface area (Å²) in [6, 6.07) is 0. The van der Waals surface area contributed by atoms with Crippen LogP contribution in [0.2, 0.25) is 0 Å². The molecule has 2 saturated heterocycles. The van der Waals surface area contributed by atoms with Gasteiger partial charge in [-0.05, 0) is 0 Å². The second-order valence-electron chi connectivity index (χ2n) is 5.56. The Morgan fingerprint density at radius 3 is 1.80 bits per heavy atom. The van der Waals surface area contributed by atoms with Crippen LogP contribution in [0.3, 0.4) is 0 Å². The third-order valence-electron chi connectivity index (χ3n) is 4.07. The van der Waals surface area contributed by atoms with Gasteiger partial charge in [-0.1, -0.05) is 0 Å². The van der Waals surface area contributed by atoms with E-state index in [0.29, 0.717) is 0 Å². The van der Waals surface area contributed by atoms with E-state index < -0.39 is 74.6 Å². The second kappa shape index (κ2) is 9.83. The van der Waals surface area contributed by atoms with E-state index in [9.17, 15) is 30.6 Å². The van der Waals surface area contributed by atoms with Crippen LogP contribution in [-0.4, -0.2) is 138 Å². The fourth-order valence-electron chi connectivity index (χ4n) is 2.63. The van der Waals surface area contributed by atoms with Crippen molar-refractivity contribution in [1.29, 1.82) is 0 Å². The van der Waals surface area contributed by atoms with Crippen molar-refractivity contribution in [1.82, 2.24) is 0 Å². The molecule has 25 heavy (non-hydrogen) atoms. The molecule has 0 unspecified atom stereocenters. The topological polar surface area (TPSA) is 221 Å². The zero-order chi connectivity index (χ0) is 17.4. The molecule has 12 nitrogen and oxygen atoms in total. The van der Waals surface area contributed by atoms with Crippen LogP contribution in [0.5, 0.6) is 0 Å². The van der Waals surface area contributed by atoms with Gasteiger partial charge < -0.3 is 60.5 Å². The van der Waals surface area contributed by atoms with Gasteiger partial charge in [0.2, 0.25) is 5.79 Å². The van der Waals surface area contributed by atoms with Gasteiger partial charge in [0, 0.05) is 0 Å². The van der Waals surface area contributed by atoms with Gasteiger partial charge in [0.05, 0.1) is 13.2 Å². The molecule has 0 radical (unpaired) electrons. The molecule has 2 aliphatic heterocycles. The summed E-state index contributed by atoms with van der Waals surface area (Å²) >= 11 is 0. The van der Waals surface area contributed by atoms with Crippen LogP contribution in [0.4, 0.5) is 0 Å². The molecule has 0 spiro atoms. The zero-order valence-electron chi connectivity index (χ0n) is 12.5. The lowest BCUT2D eigenvalue weighted by Crippen LogP contribution is -2.62. The molecule has 2 rings (SSSR count). The van der Waals surface area contributed by atoms with Gasteiger partial charge in [0.15, 0.2) is 23.7 Å². The van der Waals surface area contributed by atoms with Crippen molar-refractivity contribution in [3.8, 4) is 0 Å². The minimum atomic E-state index is -2.22. The number of aliphatic hydroxyl groups excluding tert-OH is 8. The van der Waals surface area contributed by atoms with Crippen molar-refractivity contribution in [2.45, 2.75) is 54.8 Å². The molecule has 2 heterocycles. The highest BCUT2D eigenvalue weighted by atomic mass is 27.0. The summed E-state index contributed by atoms with van der Waals surface area (Å²) in [5, 5.41) is 76.7. The van der Waals surface area contributed by atoms with Gasteiger partial charge in [-0.3, -0.25) is 0 Å². The molecule has 2 fully saturated rings. The molecule has 13 heteroatoms. The Kier molecular flexibility index (Phi) is 9.85. The summed E-state index contributed by atoms with van der Waals surface area (Å²) in [6.07, 6.45) is -12.7. The van der Waals surface area contributed by atoms with E-state index in [1.165, 1.54) is 0 Å². The molecule has 0 aromatic heterocycles. The monoisotopic (exact) mass is 390 g/mol. The third kappa shape index (κ3) is 4.49. The van der Waals surface area contributed by atoms with E-state index in [0.717, 1.165) is 0 Å². The maximum atomic E-state index is 10.00. The molecule has 0 saturated carbocycles. The molecule has 150 valence electrons. The fourth-order valence-corrected chi connectivity index (χ4v) is 2.63. The minimum absolute atomic E-state index is 0. The molecule has 9 atom stereocenters. The van der Waals surface area contributed by atoms with E-state index in [-0.39, 0.29) is 22.8 Å². The first kappa shape index (κ1) is 25.1. The van der Waals surface area contributed by atoms with E-state index >= 15 is 0 Å². The lowest BCUT2D eigenvalue weighted by atomic mass is 9.99. The molecule has 0 bridgehead atoms. The Morgan fingerprint density at radius 1 is 0.800 bits per heavy atom. The summed E-state index contributed by atoms with van der Waals surface area (Å²) in [7, 11) is 0. The highest BCUT2D eigenvalue weighted by Crippen LogP contribution is 2.35. The highest BCUT2D eigenvalue weighted by Gasteiger charge is 2.58. The standard InChI is InChI=1S/C12H22O11.Al.H2O.3H/c13-1-4-6(16)8(18)9(19)11(21-4)23-12(3-15)10(20)7(17)5(2-14)22-12;;;;;/h4-11,13-20H,1-3H2;;1H2;;;/t4-,5-,6-,7-,8+,9-,10+,11-,12+;;;;;/m1...../s1. The summed E-state index contributed by atoms with van der Waals surface area (Å²) in [4.78, 5) is 0. The summed E-state index contributed by atoms with van der Waals surface area (Å²) in [5.41, 5.74) is 0. The molecule has 10 N–H and O–H groups in total. The normalized spacial score (nSPS) is 47.0. The second-order valence-corrected chi connectivity index (χ2v) is 5.56. The number of hydrogen-bond acceptors (Lipinski definition) is 11. The van der Waals surface area contributed by atoms with Crippen LogP contribution in [0.15, 0.2) is 0 Å². The fraction of sp³-hybridized carbons (Fsp3) is 1.00. The molecule has 2 aliphatic rings. The average Bonchev–Trinajstić information content (AvgIpc) is 2.80.